The molecule has 0 aromatic carbocycles. The molecule has 1 atom stereocenters. The molecule has 15 heavy (non-hydrogen) atoms. The van der Waals surface area contributed by atoms with E-state index in [9.17, 15) is 0 Å². The number of aromatic nitrogens is 2. The molecule has 1 N–H and O–H groups in total. The molecule has 4 nitrogen and oxygen atoms in total. The van der Waals surface area contributed by atoms with Gasteiger partial charge in [-0.05, 0) is 25.2 Å². The van der Waals surface area contributed by atoms with E-state index in [1.165, 1.54) is 12.8 Å². The first-order valence-corrected chi connectivity index (χ1v) is 6.34. The lowest BCUT2D eigenvalue weighted by molar-refractivity contribution is 0.0595. The Morgan fingerprint density at radius 3 is 3.13 bits per heavy atom. The van der Waals surface area contributed by atoms with Crippen molar-refractivity contribution in [2.75, 3.05) is 25.1 Å². The summed E-state index contributed by atoms with van der Waals surface area (Å²) in [5, 5.41) is 13.5. The van der Waals surface area contributed by atoms with Gasteiger partial charge in [-0.1, -0.05) is 18.3 Å². The zero-order valence-corrected chi connectivity index (χ0v) is 9.85. The van der Waals surface area contributed by atoms with E-state index in [1.54, 1.807) is 11.3 Å². The summed E-state index contributed by atoms with van der Waals surface area (Å²) >= 11 is 1.65. The van der Waals surface area contributed by atoms with E-state index in [0.717, 1.165) is 36.3 Å². The van der Waals surface area contributed by atoms with Crippen molar-refractivity contribution in [2.45, 2.75) is 26.2 Å². The lowest BCUT2D eigenvalue weighted by Gasteiger charge is -2.21. The largest absolute Gasteiger partial charge is 0.381 e. The minimum Gasteiger partial charge on any atom is -0.381 e. The molecule has 5 heteroatoms. The van der Waals surface area contributed by atoms with Crippen LogP contribution in [0.3, 0.4) is 0 Å². The van der Waals surface area contributed by atoms with Crippen LogP contribution in [0.4, 0.5) is 5.13 Å². The van der Waals surface area contributed by atoms with Crippen LogP contribution in [0.2, 0.25) is 0 Å². The molecule has 1 aromatic rings. The van der Waals surface area contributed by atoms with E-state index in [4.69, 9.17) is 4.74 Å². The van der Waals surface area contributed by atoms with Gasteiger partial charge in [0.15, 0.2) is 0 Å². The molecule has 2 heterocycles. The van der Waals surface area contributed by atoms with Gasteiger partial charge in [0.1, 0.15) is 5.01 Å². The third-order valence-electron chi connectivity index (χ3n) is 2.57. The first-order chi connectivity index (χ1) is 7.38. The Balaban J connectivity index is 1.76. The van der Waals surface area contributed by atoms with Crippen LogP contribution in [0.1, 0.15) is 24.8 Å². The van der Waals surface area contributed by atoms with Crippen LogP contribution in [-0.4, -0.2) is 30.0 Å². The quantitative estimate of drug-likeness (QED) is 0.854. The summed E-state index contributed by atoms with van der Waals surface area (Å²) in [5.74, 6) is 0.632. The van der Waals surface area contributed by atoms with Gasteiger partial charge in [-0.2, -0.15) is 0 Å². The van der Waals surface area contributed by atoms with E-state index in [0.29, 0.717) is 5.92 Å². The van der Waals surface area contributed by atoms with Crippen LogP contribution in [0.25, 0.3) is 0 Å². The Bertz CT molecular complexity index is 297. The summed E-state index contributed by atoms with van der Waals surface area (Å²) in [7, 11) is 0. The summed E-state index contributed by atoms with van der Waals surface area (Å²) in [5.41, 5.74) is 0. The summed E-state index contributed by atoms with van der Waals surface area (Å²) < 4.78 is 5.42. The minimum atomic E-state index is 0.632. The molecule has 1 aliphatic rings. The normalized spacial score (nSPS) is 21.5. The molecule has 84 valence electrons. The number of nitrogens with zero attached hydrogens (tertiary/aromatic N) is 2. The van der Waals surface area contributed by atoms with Crippen molar-refractivity contribution >= 4 is 16.5 Å². The maximum atomic E-state index is 5.42. The monoisotopic (exact) mass is 227 g/mol. The van der Waals surface area contributed by atoms with Gasteiger partial charge in [0.2, 0.25) is 5.13 Å². The highest BCUT2D eigenvalue weighted by Crippen LogP contribution is 2.18. The van der Waals surface area contributed by atoms with Gasteiger partial charge in [-0.25, -0.2) is 0 Å². The number of anilines is 1. The SMILES string of the molecule is CCc1nnc(NCC2CCCOC2)s1. The Labute approximate surface area is 94.1 Å². The van der Waals surface area contributed by atoms with E-state index in [-0.39, 0.29) is 0 Å². The van der Waals surface area contributed by atoms with Crippen molar-refractivity contribution < 1.29 is 4.74 Å². The molecule has 0 radical (unpaired) electrons. The van der Waals surface area contributed by atoms with Gasteiger partial charge in [-0.15, -0.1) is 10.2 Å². The zero-order chi connectivity index (χ0) is 10.5. The van der Waals surface area contributed by atoms with Crippen LogP contribution in [-0.2, 0) is 11.2 Å². The minimum absolute atomic E-state index is 0.632. The molecule has 1 aliphatic heterocycles. The Kier molecular flexibility index (Phi) is 3.91. The third kappa shape index (κ3) is 3.14. The predicted octanol–water partition coefficient (Wildman–Crippen LogP) is 1.94. The van der Waals surface area contributed by atoms with Crippen molar-refractivity contribution in [3.63, 3.8) is 0 Å². The predicted molar refractivity (Wildman–Crippen MR) is 61.3 cm³/mol. The molecule has 0 spiro atoms. The second-order valence-corrected chi connectivity index (χ2v) is 4.88. The highest BCUT2D eigenvalue weighted by Gasteiger charge is 2.14. The van der Waals surface area contributed by atoms with Crippen LogP contribution in [0.5, 0.6) is 0 Å². The Morgan fingerprint density at radius 1 is 1.53 bits per heavy atom. The smallest absolute Gasteiger partial charge is 0.205 e. The van der Waals surface area contributed by atoms with Crippen LogP contribution < -0.4 is 5.32 Å². The van der Waals surface area contributed by atoms with Crippen molar-refractivity contribution in [3.8, 4) is 0 Å². The van der Waals surface area contributed by atoms with Crippen LogP contribution >= 0.6 is 11.3 Å². The Morgan fingerprint density at radius 2 is 2.47 bits per heavy atom. The number of hydrogen-bond donors (Lipinski definition) is 1. The second-order valence-electron chi connectivity index (χ2n) is 3.82. The average Bonchev–Trinajstić information content (AvgIpc) is 2.76. The molecule has 1 fully saturated rings. The lowest BCUT2D eigenvalue weighted by atomic mass is 10.0. The summed E-state index contributed by atoms with van der Waals surface area (Å²) in [6, 6.07) is 0. The van der Waals surface area contributed by atoms with Gasteiger partial charge in [-0.3, -0.25) is 0 Å². The topological polar surface area (TPSA) is 47.0 Å². The lowest BCUT2D eigenvalue weighted by Crippen LogP contribution is -2.24. The van der Waals surface area contributed by atoms with E-state index < -0.39 is 0 Å². The number of ether oxygens (including phenoxy) is 1. The molecule has 0 amide bonds. The summed E-state index contributed by atoms with van der Waals surface area (Å²) in [6.07, 6.45) is 3.40. The van der Waals surface area contributed by atoms with Crippen molar-refractivity contribution in [1.29, 1.82) is 0 Å². The van der Waals surface area contributed by atoms with Gasteiger partial charge in [0.05, 0.1) is 6.61 Å². The summed E-state index contributed by atoms with van der Waals surface area (Å²) in [4.78, 5) is 0. The fraction of sp³-hybridized carbons (Fsp3) is 0.800. The van der Waals surface area contributed by atoms with E-state index in [2.05, 4.69) is 22.4 Å². The molecular weight excluding hydrogens is 210 g/mol. The van der Waals surface area contributed by atoms with Crippen LogP contribution in [0, 0.1) is 5.92 Å². The maximum absolute atomic E-state index is 5.42. The second kappa shape index (κ2) is 5.42. The van der Waals surface area contributed by atoms with E-state index in [1.807, 2.05) is 0 Å². The standard InChI is InChI=1S/C10H17N3OS/c1-2-9-12-13-10(15-9)11-6-8-4-3-5-14-7-8/h8H,2-7H2,1H3,(H,11,13). The number of hydrogen-bond acceptors (Lipinski definition) is 5. The molecule has 0 aliphatic carbocycles. The van der Waals surface area contributed by atoms with Crippen LogP contribution in [0.15, 0.2) is 0 Å². The fourth-order valence-corrected chi connectivity index (χ4v) is 2.35. The molecule has 1 unspecified atom stereocenters. The summed E-state index contributed by atoms with van der Waals surface area (Å²) in [6.45, 7) is 4.86. The molecule has 1 saturated heterocycles. The van der Waals surface area contributed by atoms with Gasteiger partial charge in [0, 0.05) is 13.2 Å². The van der Waals surface area contributed by atoms with Gasteiger partial charge < -0.3 is 10.1 Å². The molecule has 0 bridgehead atoms. The highest BCUT2D eigenvalue weighted by atomic mass is 32.1. The Hall–Kier alpha value is -0.680. The number of nitrogens with one attached hydrogen (secondary N) is 1. The maximum Gasteiger partial charge on any atom is 0.205 e. The average molecular weight is 227 g/mol. The molecular formula is C10H17N3OS. The zero-order valence-electron chi connectivity index (χ0n) is 9.03. The third-order valence-corrected chi connectivity index (χ3v) is 3.59. The number of aryl methyl sites for hydroxylation is 1. The highest BCUT2D eigenvalue weighted by molar-refractivity contribution is 7.15. The first-order valence-electron chi connectivity index (χ1n) is 5.52. The van der Waals surface area contributed by atoms with Crippen molar-refractivity contribution in [3.05, 3.63) is 5.01 Å². The van der Waals surface area contributed by atoms with Gasteiger partial charge >= 0.3 is 0 Å². The van der Waals surface area contributed by atoms with Gasteiger partial charge in [0.25, 0.3) is 0 Å². The number of rotatable bonds is 4. The molecule has 1 aromatic heterocycles. The van der Waals surface area contributed by atoms with E-state index >= 15 is 0 Å². The van der Waals surface area contributed by atoms with Crippen molar-refractivity contribution in [2.24, 2.45) is 5.92 Å². The first kappa shape index (κ1) is 10.8. The fourth-order valence-electron chi connectivity index (χ4n) is 1.67. The van der Waals surface area contributed by atoms with Crippen molar-refractivity contribution in [1.82, 2.24) is 10.2 Å². The molecule has 0 saturated carbocycles. The molecule has 2 rings (SSSR count).